The molecule has 0 radical (unpaired) electrons. The molecule has 170 valence electrons. The highest BCUT2D eigenvalue weighted by Gasteiger charge is 2.20. The van der Waals surface area contributed by atoms with Gasteiger partial charge in [0.05, 0.1) is 23.1 Å². The van der Waals surface area contributed by atoms with E-state index in [2.05, 4.69) is 47.8 Å². The molecule has 8 heteroatoms. The molecule has 1 unspecified atom stereocenters. The van der Waals surface area contributed by atoms with E-state index >= 15 is 0 Å². The Morgan fingerprint density at radius 2 is 2.09 bits per heavy atom. The third-order valence-electron chi connectivity index (χ3n) is 5.31. The van der Waals surface area contributed by atoms with Gasteiger partial charge in [-0.1, -0.05) is 32.9 Å². The summed E-state index contributed by atoms with van der Waals surface area (Å²) in [7, 11) is 1.60. The van der Waals surface area contributed by atoms with Gasteiger partial charge in [-0.25, -0.2) is 9.99 Å². The minimum Gasteiger partial charge on any atom is -0.381 e. The van der Waals surface area contributed by atoms with E-state index in [1.54, 1.807) is 19.4 Å². The fourth-order valence-electron chi connectivity index (χ4n) is 3.58. The number of amides is 1. The molecule has 2 N–H and O–H groups in total. The number of hydrogen-bond acceptors (Lipinski definition) is 6. The number of nitrogens with one attached hydrogen (secondary N) is 2. The van der Waals surface area contributed by atoms with Gasteiger partial charge in [0.2, 0.25) is 5.91 Å². The monoisotopic (exact) mass is 436 g/mol. The first-order valence-electron chi connectivity index (χ1n) is 10.9. The van der Waals surface area contributed by atoms with E-state index in [4.69, 9.17) is 4.98 Å². The molecule has 1 aliphatic rings. The number of allylic oxidation sites excluding steroid dienone is 1. The maximum absolute atomic E-state index is 12.3. The Balaban J connectivity index is 1.65. The van der Waals surface area contributed by atoms with Crippen LogP contribution in [-0.2, 0) is 11.2 Å². The third-order valence-corrected chi connectivity index (χ3v) is 5.31. The van der Waals surface area contributed by atoms with Crippen LogP contribution in [0.5, 0.6) is 0 Å². The number of rotatable bonds is 8. The Morgan fingerprint density at radius 3 is 2.72 bits per heavy atom. The Labute approximate surface area is 189 Å². The topological polar surface area (TPSA) is 99.6 Å². The molecule has 8 nitrogen and oxygen atoms in total. The van der Waals surface area contributed by atoms with Crippen LogP contribution >= 0.6 is 0 Å². The number of aromatic nitrogens is 2. The van der Waals surface area contributed by atoms with E-state index in [9.17, 15) is 9.70 Å². The summed E-state index contributed by atoms with van der Waals surface area (Å²) in [4.78, 5) is 32.3. The van der Waals surface area contributed by atoms with Crippen molar-refractivity contribution in [1.82, 2.24) is 15.3 Å². The summed E-state index contributed by atoms with van der Waals surface area (Å²) >= 11 is 0. The van der Waals surface area contributed by atoms with Gasteiger partial charge in [0.1, 0.15) is 0 Å². The molecular formula is C24H32N6O2. The first-order valence-corrected chi connectivity index (χ1v) is 10.9. The predicted octanol–water partition coefficient (Wildman–Crippen LogP) is 4.35. The second-order valence-electron chi connectivity index (χ2n) is 9.39. The average molecular weight is 437 g/mol. The molecule has 0 aromatic carbocycles. The Morgan fingerprint density at radius 1 is 1.28 bits per heavy atom. The van der Waals surface area contributed by atoms with E-state index in [0.717, 1.165) is 48.3 Å². The van der Waals surface area contributed by atoms with Crippen LogP contribution in [0.4, 0.5) is 11.5 Å². The third kappa shape index (κ3) is 6.60. The Kier molecular flexibility index (Phi) is 7.56. The van der Waals surface area contributed by atoms with Gasteiger partial charge < -0.3 is 10.6 Å². The zero-order valence-electron chi connectivity index (χ0n) is 19.3. The molecule has 0 fully saturated rings. The molecule has 1 aliphatic carbocycles. The summed E-state index contributed by atoms with van der Waals surface area (Å²) in [5.41, 5.74) is 3.72. The molecule has 0 spiro atoms. The largest absolute Gasteiger partial charge is 0.381 e. The van der Waals surface area contributed by atoms with Crippen molar-refractivity contribution in [2.75, 3.05) is 23.9 Å². The number of anilines is 2. The fourth-order valence-corrected chi connectivity index (χ4v) is 3.58. The minimum absolute atomic E-state index is 0.00761. The first kappa shape index (κ1) is 23.4. The molecule has 2 heterocycles. The summed E-state index contributed by atoms with van der Waals surface area (Å²) in [6, 6.07) is 7.77. The molecule has 2 aromatic rings. The molecule has 1 amide bonds. The molecule has 1 atom stereocenters. The zero-order valence-corrected chi connectivity index (χ0v) is 19.3. The molecule has 3 rings (SSSR count). The van der Waals surface area contributed by atoms with Gasteiger partial charge in [0, 0.05) is 32.0 Å². The lowest BCUT2D eigenvalue weighted by atomic mass is 9.92. The predicted molar refractivity (Wildman–Crippen MR) is 128 cm³/mol. The van der Waals surface area contributed by atoms with Crippen molar-refractivity contribution in [3.05, 3.63) is 58.9 Å². The molecule has 2 aromatic heterocycles. The van der Waals surface area contributed by atoms with Crippen LogP contribution in [0.25, 0.3) is 5.57 Å². The van der Waals surface area contributed by atoms with Crippen molar-refractivity contribution in [3.63, 3.8) is 0 Å². The summed E-state index contributed by atoms with van der Waals surface area (Å²) < 4.78 is 0. The van der Waals surface area contributed by atoms with Gasteiger partial charge in [-0.05, 0) is 54.0 Å². The maximum Gasteiger partial charge on any atom is 0.224 e. The normalized spacial score (nSPS) is 16.1. The Bertz CT molecular complexity index is 968. The highest BCUT2D eigenvalue weighted by molar-refractivity contribution is 5.79. The zero-order chi connectivity index (χ0) is 23.1. The van der Waals surface area contributed by atoms with E-state index < -0.39 is 0 Å². The van der Waals surface area contributed by atoms with Crippen molar-refractivity contribution >= 4 is 23.0 Å². The van der Waals surface area contributed by atoms with Crippen molar-refractivity contribution in [2.45, 2.75) is 52.5 Å². The number of nitroso groups, excluding NO2 is 1. The summed E-state index contributed by atoms with van der Waals surface area (Å²) in [5.74, 6) is 0.516. The van der Waals surface area contributed by atoms with Gasteiger partial charge in [0.15, 0.2) is 5.82 Å². The molecular weight excluding hydrogens is 404 g/mol. The van der Waals surface area contributed by atoms with Gasteiger partial charge in [-0.2, -0.15) is 0 Å². The standard InChI is InChI=1S/C24H32N6O2/c1-24(2,3)16-26-21-12-11-20(28-23(21)30(4)29-32)18-7-9-19(10-8-18)27-22(31)14-17-6-5-13-25-15-17/h5-7,11-13,15,19,26H,8-10,14,16H2,1-4H3,(H,27,31). The smallest absolute Gasteiger partial charge is 0.224 e. The quantitative estimate of drug-likeness (QED) is 0.471. The average Bonchev–Trinajstić information content (AvgIpc) is 2.77. The van der Waals surface area contributed by atoms with Crippen molar-refractivity contribution in [3.8, 4) is 0 Å². The number of nitrogens with zero attached hydrogens (tertiary/aromatic N) is 4. The lowest BCUT2D eigenvalue weighted by Crippen LogP contribution is -2.36. The summed E-state index contributed by atoms with van der Waals surface area (Å²) in [5, 5.41) is 10.8. The first-order chi connectivity index (χ1) is 15.2. The van der Waals surface area contributed by atoms with Crippen LogP contribution in [0.15, 0.2) is 48.0 Å². The maximum atomic E-state index is 12.3. The number of hydrogen-bond donors (Lipinski definition) is 2. The molecule has 32 heavy (non-hydrogen) atoms. The van der Waals surface area contributed by atoms with Crippen molar-refractivity contribution in [1.29, 1.82) is 0 Å². The van der Waals surface area contributed by atoms with Gasteiger partial charge in [-0.15, -0.1) is 4.91 Å². The van der Waals surface area contributed by atoms with Crippen LogP contribution in [0.1, 0.15) is 51.3 Å². The van der Waals surface area contributed by atoms with E-state index in [1.807, 2.05) is 24.3 Å². The number of carbonyl (C=O) groups excluding carboxylic acids is 1. The van der Waals surface area contributed by atoms with Gasteiger partial charge in [-0.3, -0.25) is 9.78 Å². The van der Waals surface area contributed by atoms with E-state index in [0.29, 0.717) is 12.2 Å². The molecule has 0 aliphatic heterocycles. The van der Waals surface area contributed by atoms with Gasteiger partial charge >= 0.3 is 0 Å². The van der Waals surface area contributed by atoms with Crippen molar-refractivity contribution < 1.29 is 4.79 Å². The SMILES string of the molecule is CN(N=O)c1nc(C2=CCC(NC(=O)Cc3cccnc3)CC2)ccc1NCC(C)(C)C. The second kappa shape index (κ2) is 10.3. The highest BCUT2D eigenvalue weighted by Crippen LogP contribution is 2.31. The second-order valence-corrected chi connectivity index (χ2v) is 9.39. The molecule has 0 saturated carbocycles. The fraction of sp³-hybridized carbons (Fsp3) is 0.458. The molecule has 0 bridgehead atoms. The van der Waals surface area contributed by atoms with Crippen LogP contribution in [0, 0.1) is 10.3 Å². The number of pyridine rings is 2. The van der Waals surface area contributed by atoms with Crippen LogP contribution in [0.3, 0.4) is 0 Å². The number of carbonyl (C=O) groups is 1. The van der Waals surface area contributed by atoms with Crippen molar-refractivity contribution in [2.24, 2.45) is 10.7 Å². The van der Waals surface area contributed by atoms with E-state index in [1.165, 1.54) is 5.01 Å². The van der Waals surface area contributed by atoms with Gasteiger partial charge in [0.25, 0.3) is 0 Å². The minimum atomic E-state index is 0.00761. The Hall–Kier alpha value is -3.29. The summed E-state index contributed by atoms with van der Waals surface area (Å²) in [6.07, 6.45) is 8.26. The summed E-state index contributed by atoms with van der Waals surface area (Å²) in [6.45, 7) is 7.17. The van der Waals surface area contributed by atoms with Crippen LogP contribution in [0.2, 0.25) is 0 Å². The lowest BCUT2D eigenvalue weighted by Gasteiger charge is -2.24. The van der Waals surface area contributed by atoms with E-state index in [-0.39, 0.29) is 17.4 Å². The van der Waals surface area contributed by atoms with Crippen LogP contribution in [-0.4, -0.2) is 35.5 Å². The lowest BCUT2D eigenvalue weighted by molar-refractivity contribution is -0.121. The molecule has 0 saturated heterocycles. The van der Waals surface area contributed by atoms with Crippen LogP contribution < -0.4 is 15.6 Å². The highest BCUT2D eigenvalue weighted by atomic mass is 16.3.